The van der Waals surface area contributed by atoms with Crippen LogP contribution in [0.15, 0.2) is 35.7 Å². The van der Waals surface area contributed by atoms with Gasteiger partial charge in [0.05, 0.1) is 11.3 Å². The molecule has 0 fully saturated rings. The van der Waals surface area contributed by atoms with Crippen molar-refractivity contribution < 1.29 is 9.90 Å². The summed E-state index contributed by atoms with van der Waals surface area (Å²) in [4.78, 5) is 11.8. The first-order valence-electron chi connectivity index (χ1n) is 4.45. The van der Waals surface area contributed by atoms with Gasteiger partial charge in [0.1, 0.15) is 0 Å². The minimum absolute atomic E-state index is 0.326. The van der Waals surface area contributed by atoms with Crippen LogP contribution in [0.25, 0.3) is 0 Å². The SMILES string of the molecule is C=CCNc1cccc(SC)c1C(=O)O. The molecule has 0 aliphatic rings. The quantitative estimate of drug-likeness (QED) is 0.595. The first-order valence-corrected chi connectivity index (χ1v) is 5.68. The van der Waals surface area contributed by atoms with E-state index in [1.165, 1.54) is 11.8 Å². The minimum atomic E-state index is -0.911. The fraction of sp³-hybridized carbons (Fsp3) is 0.182. The van der Waals surface area contributed by atoms with Crippen LogP contribution in [0.2, 0.25) is 0 Å². The number of carboxylic acid groups (broad SMARTS) is 1. The zero-order chi connectivity index (χ0) is 11.3. The average Bonchev–Trinajstić information content (AvgIpc) is 2.25. The molecular formula is C11H13NO2S. The second-order valence-electron chi connectivity index (χ2n) is 2.86. The standard InChI is InChI=1S/C11H13NO2S/c1-3-7-12-8-5-4-6-9(15-2)10(8)11(13)14/h3-6,12H,1,7H2,2H3,(H,13,14). The molecule has 0 unspecified atom stereocenters. The van der Waals surface area contributed by atoms with Crippen molar-refractivity contribution in [2.45, 2.75) is 4.90 Å². The largest absolute Gasteiger partial charge is 0.478 e. The molecule has 0 aliphatic heterocycles. The molecule has 3 nitrogen and oxygen atoms in total. The van der Waals surface area contributed by atoms with E-state index in [4.69, 9.17) is 5.11 Å². The minimum Gasteiger partial charge on any atom is -0.478 e. The van der Waals surface area contributed by atoms with Crippen LogP contribution in [-0.2, 0) is 0 Å². The molecule has 1 rings (SSSR count). The summed E-state index contributed by atoms with van der Waals surface area (Å²) in [6.45, 7) is 4.13. The summed E-state index contributed by atoms with van der Waals surface area (Å²) in [5.41, 5.74) is 0.959. The first kappa shape index (κ1) is 11.7. The molecule has 80 valence electrons. The first-order chi connectivity index (χ1) is 7.20. The Morgan fingerprint density at radius 2 is 2.40 bits per heavy atom. The lowest BCUT2D eigenvalue weighted by atomic mass is 10.2. The molecule has 0 atom stereocenters. The number of nitrogens with one attached hydrogen (secondary N) is 1. The number of aromatic carboxylic acids is 1. The lowest BCUT2D eigenvalue weighted by Gasteiger charge is -2.10. The maximum absolute atomic E-state index is 11.1. The van der Waals surface area contributed by atoms with E-state index in [1.54, 1.807) is 18.2 Å². The molecule has 0 bridgehead atoms. The van der Waals surface area contributed by atoms with Gasteiger partial charge in [-0.05, 0) is 18.4 Å². The fourth-order valence-electron chi connectivity index (χ4n) is 1.25. The predicted octanol–water partition coefficient (Wildman–Crippen LogP) is 2.70. The molecule has 15 heavy (non-hydrogen) atoms. The van der Waals surface area contributed by atoms with E-state index in [2.05, 4.69) is 11.9 Å². The van der Waals surface area contributed by atoms with Gasteiger partial charge in [-0.2, -0.15) is 0 Å². The van der Waals surface area contributed by atoms with Gasteiger partial charge in [0, 0.05) is 11.4 Å². The summed E-state index contributed by atoms with van der Waals surface area (Å²) >= 11 is 1.42. The van der Waals surface area contributed by atoms with Gasteiger partial charge in [-0.1, -0.05) is 12.1 Å². The fourth-order valence-corrected chi connectivity index (χ4v) is 1.87. The third kappa shape index (κ3) is 2.76. The molecule has 0 heterocycles. The van der Waals surface area contributed by atoms with Gasteiger partial charge in [0.2, 0.25) is 0 Å². The molecule has 0 aromatic heterocycles. The van der Waals surface area contributed by atoms with Crippen molar-refractivity contribution in [1.29, 1.82) is 0 Å². The monoisotopic (exact) mass is 223 g/mol. The van der Waals surface area contributed by atoms with Crippen molar-refractivity contribution in [1.82, 2.24) is 0 Å². The highest BCUT2D eigenvalue weighted by Gasteiger charge is 2.13. The Labute approximate surface area is 93.2 Å². The molecule has 0 saturated heterocycles. The second-order valence-corrected chi connectivity index (χ2v) is 3.71. The Hall–Kier alpha value is -1.42. The number of thioether (sulfide) groups is 1. The summed E-state index contributed by atoms with van der Waals surface area (Å²) in [5.74, 6) is -0.911. The summed E-state index contributed by atoms with van der Waals surface area (Å²) in [6, 6.07) is 5.39. The van der Waals surface area contributed by atoms with Crippen molar-refractivity contribution in [2.75, 3.05) is 18.1 Å². The van der Waals surface area contributed by atoms with Gasteiger partial charge in [-0.15, -0.1) is 18.3 Å². The highest BCUT2D eigenvalue weighted by atomic mass is 32.2. The molecule has 1 aromatic rings. The Bertz CT molecular complexity index is 377. The lowest BCUT2D eigenvalue weighted by molar-refractivity contribution is 0.0694. The maximum atomic E-state index is 11.1. The van der Waals surface area contributed by atoms with Gasteiger partial charge in [-0.25, -0.2) is 4.79 Å². The van der Waals surface area contributed by atoms with Crippen LogP contribution >= 0.6 is 11.8 Å². The molecular weight excluding hydrogens is 210 g/mol. The van der Waals surface area contributed by atoms with E-state index in [1.807, 2.05) is 12.3 Å². The summed E-state index contributed by atoms with van der Waals surface area (Å²) in [5, 5.41) is 12.1. The summed E-state index contributed by atoms with van der Waals surface area (Å²) in [7, 11) is 0. The Kier molecular flexibility index (Phi) is 4.24. The highest BCUT2D eigenvalue weighted by Crippen LogP contribution is 2.26. The van der Waals surface area contributed by atoms with E-state index in [-0.39, 0.29) is 0 Å². The van der Waals surface area contributed by atoms with Crippen LogP contribution in [0.5, 0.6) is 0 Å². The van der Waals surface area contributed by atoms with E-state index in [9.17, 15) is 4.79 Å². The maximum Gasteiger partial charge on any atom is 0.338 e. The van der Waals surface area contributed by atoms with Gasteiger partial charge in [0.15, 0.2) is 0 Å². The Morgan fingerprint density at radius 3 is 2.93 bits per heavy atom. The van der Waals surface area contributed by atoms with E-state index in [0.717, 1.165) is 4.90 Å². The Morgan fingerprint density at radius 1 is 1.67 bits per heavy atom. The van der Waals surface area contributed by atoms with Crippen molar-refractivity contribution in [3.63, 3.8) is 0 Å². The Balaban J connectivity index is 3.12. The number of rotatable bonds is 5. The molecule has 0 aliphatic carbocycles. The predicted molar refractivity (Wildman–Crippen MR) is 63.9 cm³/mol. The molecule has 0 spiro atoms. The number of hydrogen-bond donors (Lipinski definition) is 2. The number of carboxylic acids is 1. The third-order valence-corrected chi connectivity index (χ3v) is 2.68. The van der Waals surface area contributed by atoms with Crippen LogP contribution in [0, 0.1) is 0 Å². The van der Waals surface area contributed by atoms with Crippen molar-refractivity contribution in [3.05, 3.63) is 36.4 Å². The van der Waals surface area contributed by atoms with Crippen molar-refractivity contribution >= 4 is 23.4 Å². The summed E-state index contributed by atoms with van der Waals surface area (Å²) < 4.78 is 0. The van der Waals surface area contributed by atoms with E-state index in [0.29, 0.717) is 17.8 Å². The van der Waals surface area contributed by atoms with E-state index < -0.39 is 5.97 Å². The van der Waals surface area contributed by atoms with Crippen LogP contribution in [0.4, 0.5) is 5.69 Å². The zero-order valence-electron chi connectivity index (χ0n) is 8.49. The third-order valence-electron chi connectivity index (χ3n) is 1.90. The van der Waals surface area contributed by atoms with Crippen molar-refractivity contribution in [3.8, 4) is 0 Å². The normalized spacial score (nSPS) is 9.67. The molecule has 1 aromatic carbocycles. The van der Waals surface area contributed by atoms with Gasteiger partial charge >= 0.3 is 5.97 Å². The van der Waals surface area contributed by atoms with Crippen LogP contribution in [0.3, 0.4) is 0 Å². The highest BCUT2D eigenvalue weighted by molar-refractivity contribution is 7.98. The van der Waals surface area contributed by atoms with Gasteiger partial charge in [0.25, 0.3) is 0 Å². The molecule has 2 N–H and O–H groups in total. The zero-order valence-corrected chi connectivity index (χ0v) is 9.30. The number of carbonyl (C=O) groups is 1. The molecule has 4 heteroatoms. The van der Waals surface area contributed by atoms with Gasteiger partial charge in [-0.3, -0.25) is 0 Å². The molecule has 0 amide bonds. The number of benzene rings is 1. The number of hydrogen-bond acceptors (Lipinski definition) is 3. The average molecular weight is 223 g/mol. The number of anilines is 1. The lowest BCUT2D eigenvalue weighted by Crippen LogP contribution is -2.07. The van der Waals surface area contributed by atoms with Gasteiger partial charge < -0.3 is 10.4 Å². The topological polar surface area (TPSA) is 49.3 Å². The van der Waals surface area contributed by atoms with Crippen LogP contribution < -0.4 is 5.32 Å². The smallest absolute Gasteiger partial charge is 0.338 e. The molecule has 0 radical (unpaired) electrons. The molecule has 0 saturated carbocycles. The van der Waals surface area contributed by atoms with Crippen LogP contribution in [0.1, 0.15) is 10.4 Å². The second kappa shape index (κ2) is 5.46. The van der Waals surface area contributed by atoms with Crippen LogP contribution in [-0.4, -0.2) is 23.9 Å². The van der Waals surface area contributed by atoms with E-state index >= 15 is 0 Å². The summed E-state index contributed by atoms with van der Waals surface area (Å²) in [6.07, 6.45) is 3.55. The van der Waals surface area contributed by atoms with Crippen molar-refractivity contribution in [2.24, 2.45) is 0 Å².